The van der Waals surface area contributed by atoms with Crippen LogP contribution in [0.15, 0.2) is 39.8 Å². The number of hydrogen-bond acceptors (Lipinski definition) is 5. The third kappa shape index (κ3) is 6.03. The second-order valence-electron chi connectivity index (χ2n) is 8.64. The molecule has 1 aliphatic rings. The Balaban J connectivity index is 1.57. The summed E-state index contributed by atoms with van der Waals surface area (Å²) in [7, 11) is 5.73. The minimum absolute atomic E-state index is 0.372. The largest absolute Gasteiger partial charge is 0.497 e. The third-order valence-electron chi connectivity index (χ3n) is 6.63. The van der Waals surface area contributed by atoms with E-state index in [-0.39, 0.29) is 0 Å². The van der Waals surface area contributed by atoms with Crippen molar-refractivity contribution in [2.24, 2.45) is 10.9 Å². The molecule has 1 aliphatic heterocycles. The zero-order chi connectivity index (χ0) is 22.9. The van der Waals surface area contributed by atoms with Gasteiger partial charge >= 0.3 is 0 Å². The molecule has 176 valence electrons. The van der Waals surface area contributed by atoms with Crippen LogP contribution in [0.25, 0.3) is 0 Å². The number of aliphatic imine (C=N–C) groups is 1. The lowest BCUT2D eigenvalue weighted by molar-refractivity contribution is 0.122. The SMILES string of the molecule is CCC(CC)c1cc(CNC(=NC)NCC2CCCN(C)C2c2ccc(OC)cc2)on1. The first kappa shape index (κ1) is 24.1. The lowest BCUT2D eigenvalue weighted by atomic mass is 9.85. The Hall–Kier alpha value is -2.54. The van der Waals surface area contributed by atoms with Crippen LogP contribution in [-0.2, 0) is 6.54 Å². The molecule has 7 heteroatoms. The maximum Gasteiger partial charge on any atom is 0.191 e. The molecule has 2 aromatic rings. The van der Waals surface area contributed by atoms with E-state index in [9.17, 15) is 0 Å². The van der Waals surface area contributed by atoms with E-state index in [4.69, 9.17) is 9.26 Å². The van der Waals surface area contributed by atoms with Gasteiger partial charge in [-0.2, -0.15) is 0 Å². The number of methoxy groups -OCH3 is 1. The molecule has 2 atom stereocenters. The molecule has 0 saturated carbocycles. The topological polar surface area (TPSA) is 74.9 Å². The second kappa shape index (κ2) is 11.9. The predicted octanol–water partition coefficient (Wildman–Crippen LogP) is 4.33. The van der Waals surface area contributed by atoms with Crippen molar-refractivity contribution < 1.29 is 9.26 Å². The fourth-order valence-corrected chi connectivity index (χ4v) is 4.73. The molecule has 1 aromatic carbocycles. The number of nitrogens with one attached hydrogen (secondary N) is 2. The Morgan fingerprint density at radius 1 is 1.25 bits per heavy atom. The molecule has 1 fully saturated rings. The van der Waals surface area contributed by atoms with E-state index in [1.807, 2.05) is 0 Å². The molecule has 3 rings (SSSR count). The van der Waals surface area contributed by atoms with Crippen LogP contribution >= 0.6 is 0 Å². The van der Waals surface area contributed by atoms with Crippen LogP contribution in [0, 0.1) is 5.92 Å². The molecule has 0 spiro atoms. The third-order valence-corrected chi connectivity index (χ3v) is 6.63. The van der Waals surface area contributed by atoms with Gasteiger partial charge in [-0.15, -0.1) is 0 Å². The van der Waals surface area contributed by atoms with Gasteiger partial charge in [0.25, 0.3) is 0 Å². The van der Waals surface area contributed by atoms with Gasteiger partial charge in [0, 0.05) is 31.6 Å². The van der Waals surface area contributed by atoms with Crippen molar-refractivity contribution in [2.75, 3.05) is 34.3 Å². The van der Waals surface area contributed by atoms with E-state index in [1.54, 1.807) is 14.2 Å². The summed E-state index contributed by atoms with van der Waals surface area (Å²) < 4.78 is 10.9. The van der Waals surface area contributed by atoms with Gasteiger partial charge in [0.1, 0.15) is 5.75 Å². The summed E-state index contributed by atoms with van der Waals surface area (Å²) in [4.78, 5) is 6.86. The Bertz CT molecular complexity index is 844. The average molecular weight is 442 g/mol. The summed E-state index contributed by atoms with van der Waals surface area (Å²) >= 11 is 0. The van der Waals surface area contributed by atoms with Crippen molar-refractivity contribution in [3.05, 3.63) is 47.3 Å². The molecule has 0 bridgehead atoms. The second-order valence-corrected chi connectivity index (χ2v) is 8.64. The highest BCUT2D eigenvalue weighted by Crippen LogP contribution is 2.35. The number of hydrogen-bond donors (Lipinski definition) is 2. The zero-order valence-electron chi connectivity index (χ0n) is 20.2. The summed E-state index contributed by atoms with van der Waals surface area (Å²) in [5.74, 6) is 3.47. The molecule has 2 heterocycles. The standard InChI is InChI=1S/C25H39N5O2/c1-6-18(7-2)23-15-22(32-29-23)17-28-25(26-3)27-16-20-9-8-14-30(4)24(20)19-10-12-21(31-5)13-11-19/h10-13,15,18,20,24H,6-9,14,16-17H2,1-5H3,(H2,26,27,28). The molecule has 1 aromatic heterocycles. The highest BCUT2D eigenvalue weighted by molar-refractivity contribution is 5.79. The molecule has 0 radical (unpaired) electrons. The fraction of sp³-hybridized carbons (Fsp3) is 0.600. The van der Waals surface area contributed by atoms with Crippen LogP contribution in [0.5, 0.6) is 5.75 Å². The minimum Gasteiger partial charge on any atom is -0.497 e. The Morgan fingerprint density at radius 2 is 2.00 bits per heavy atom. The van der Waals surface area contributed by atoms with Crippen LogP contribution in [-0.4, -0.2) is 50.3 Å². The van der Waals surface area contributed by atoms with Gasteiger partial charge in [-0.25, -0.2) is 0 Å². The predicted molar refractivity (Wildman–Crippen MR) is 129 cm³/mol. The Labute approximate surface area is 192 Å². The number of likely N-dealkylation sites (tertiary alicyclic amines) is 1. The summed E-state index contributed by atoms with van der Waals surface area (Å²) in [5.41, 5.74) is 2.38. The smallest absolute Gasteiger partial charge is 0.191 e. The van der Waals surface area contributed by atoms with Gasteiger partial charge in [0.2, 0.25) is 0 Å². The highest BCUT2D eigenvalue weighted by Gasteiger charge is 2.30. The first-order valence-electron chi connectivity index (χ1n) is 11.8. The summed E-state index contributed by atoms with van der Waals surface area (Å²) in [6.45, 7) is 6.92. The highest BCUT2D eigenvalue weighted by atomic mass is 16.5. The van der Waals surface area contributed by atoms with E-state index < -0.39 is 0 Å². The molecule has 7 nitrogen and oxygen atoms in total. The quantitative estimate of drug-likeness (QED) is 0.446. The van der Waals surface area contributed by atoms with E-state index >= 15 is 0 Å². The number of guanidine groups is 1. The molecular weight excluding hydrogens is 402 g/mol. The summed E-state index contributed by atoms with van der Waals surface area (Å²) in [6.07, 6.45) is 4.54. The average Bonchev–Trinajstić information content (AvgIpc) is 3.29. The number of benzene rings is 1. The van der Waals surface area contributed by atoms with Crippen molar-refractivity contribution >= 4 is 5.96 Å². The van der Waals surface area contributed by atoms with Crippen molar-refractivity contribution in [3.8, 4) is 5.75 Å². The van der Waals surface area contributed by atoms with E-state index in [0.717, 1.165) is 49.1 Å². The normalized spacial score (nSPS) is 19.9. The summed E-state index contributed by atoms with van der Waals surface area (Å²) in [6, 6.07) is 10.9. The van der Waals surface area contributed by atoms with Crippen molar-refractivity contribution in [2.45, 2.75) is 58.0 Å². The molecule has 1 saturated heterocycles. The van der Waals surface area contributed by atoms with Gasteiger partial charge in [-0.05, 0) is 62.9 Å². The Morgan fingerprint density at radius 3 is 2.66 bits per heavy atom. The lowest BCUT2D eigenvalue weighted by Gasteiger charge is -2.40. The molecule has 0 aliphatic carbocycles. The lowest BCUT2D eigenvalue weighted by Crippen LogP contribution is -2.44. The monoisotopic (exact) mass is 441 g/mol. The van der Waals surface area contributed by atoms with Crippen molar-refractivity contribution in [3.63, 3.8) is 0 Å². The zero-order valence-corrected chi connectivity index (χ0v) is 20.2. The molecule has 2 N–H and O–H groups in total. The summed E-state index contributed by atoms with van der Waals surface area (Å²) in [5, 5.41) is 11.2. The number of nitrogens with zero attached hydrogens (tertiary/aromatic N) is 3. The molecule has 0 amide bonds. The maximum atomic E-state index is 5.53. The van der Waals surface area contributed by atoms with Crippen LogP contribution in [0.4, 0.5) is 0 Å². The van der Waals surface area contributed by atoms with Crippen LogP contribution in [0.3, 0.4) is 0 Å². The first-order valence-corrected chi connectivity index (χ1v) is 11.8. The molecule has 32 heavy (non-hydrogen) atoms. The van der Waals surface area contributed by atoms with E-state index in [1.165, 1.54) is 18.4 Å². The molecule has 2 unspecified atom stereocenters. The maximum absolute atomic E-state index is 5.53. The van der Waals surface area contributed by atoms with Crippen LogP contribution in [0.1, 0.15) is 68.5 Å². The number of aromatic nitrogens is 1. The minimum atomic E-state index is 0.372. The molecular formula is C25H39N5O2. The number of piperidine rings is 1. The van der Waals surface area contributed by atoms with E-state index in [0.29, 0.717) is 24.4 Å². The van der Waals surface area contributed by atoms with E-state index in [2.05, 4.69) is 76.9 Å². The fourth-order valence-electron chi connectivity index (χ4n) is 4.73. The van der Waals surface area contributed by atoms with Crippen LogP contribution in [0.2, 0.25) is 0 Å². The van der Waals surface area contributed by atoms with Gasteiger partial charge in [0.05, 0.1) is 19.3 Å². The van der Waals surface area contributed by atoms with Gasteiger partial charge < -0.3 is 19.9 Å². The van der Waals surface area contributed by atoms with Crippen LogP contribution < -0.4 is 15.4 Å². The first-order chi connectivity index (χ1) is 15.6. The number of ether oxygens (including phenoxy) is 1. The Kier molecular flexibility index (Phi) is 8.97. The van der Waals surface area contributed by atoms with Crippen molar-refractivity contribution in [1.82, 2.24) is 20.7 Å². The van der Waals surface area contributed by atoms with Gasteiger partial charge in [-0.1, -0.05) is 31.1 Å². The van der Waals surface area contributed by atoms with Gasteiger partial charge in [0.15, 0.2) is 11.7 Å². The van der Waals surface area contributed by atoms with Crippen molar-refractivity contribution in [1.29, 1.82) is 0 Å². The number of rotatable bonds is 9. The van der Waals surface area contributed by atoms with Gasteiger partial charge in [-0.3, -0.25) is 9.89 Å².